The van der Waals surface area contributed by atoms with Gasteiger partial charge >= 0.3 is 0 Å². The maximum Gasteiger partial charge on any atom is 0.261 e. The molecule has 0 fully saturated rings. The van der Waals surface area contributed by atoms with Crippen molar-refractivity contribution in [3.8, 4) is 0 Å². The number of anilines is 1. The van der Waals surface area contributed by atoms with Crippen molar-refractivity contribution in [1.82, 2.24) is 20.5 Å². The summed E-state index contributed by atoms with van der Waals surface area (Å²) in [6.45, 7) is 0.395. The van der Waals surface area contributed by atoms with E-state index in [9.17, 15) is 9.59 Å². The van der Waals surface area contributed by atoms with Crippen LogP contribution < -0.4 is 10.6 Å². The number of carbonyl (C=O) groups is 2. The molecule has 0 unspecified atom stereocenters. The van der Waals surface area contributed by atoms with Crippen LogP contribution in [0.2, 0.25) is 5.02 Å². The first-order valence-electron chi connectivity index (χ1n) is 8.32. The zero-order valence-corrected chi connectivity index (χ0v) is 16.0. The first-order chi connectivity index (χ1) is 13.6. The van der Waals surface area contributed by atoms with Gasteiger partial charge in [-0.25, -0.2) is 0 Å². The molecule has 0 saturated carbocycles. The lowest BCUT2D eigenvalue weighted by Gasteiger charge is -2.04. The van der Waals surface area contributed by atoms with Gasteiger partial charge in [-0.3, -0.25) is 19.7 Å². The van der Waals surface area contributed by atoms with Gasteiger partial charge in [-0.15, -0.1) is 11.3 Å². The van der Waals surface area contributed by atoms with E-state index in [0.717, 1.165) is 5.56 Å². The maximum atomic E-state index is 12.5. The Kier molecular flexibility index (Phi) is 5.05. The van der Waals surface area contributed by atoms with Crippen LogP contribution in [-0.2, 0) is 6.54 Å². The summed E-state index contributed by atoms with van der Waals surface area (Å²) in [5.41, 5.74) is 2.11. The summed E-state index contributed by atoms with van der Waals surface area (Å²) < 4.78 is 0.707. The van der Waals surface area contributed by atoms with Gasteiger partial charge in [0.25, 0.3) is 11.8 Å². The Balaban J connectivity index is 1.47. The van der Waals surface area contributed by atoms with Crippen LogP contribution >= 0.6 is 22.9 Å². The van der Waals surface area contributed by atoms with E-state index < -0.39 is 0 Å². The second kappa shape index (κ2) is 7.79. The fourth-order valence-electron chi connectivity index (χ4n) is 2.57. The van der Waals surface area contributed by atoms with Crippen LogP contribution in [0.15, 0.2) is 54.9 Å². The molecule has 0 saturated heterocycles. The highest BCUT2D eigenvalue weighted by Gasteiger charge is 2.17. The van der Waals surface area contributed by atoms with E-state index in [1.54, 1.807) is 42.7 Å². The fraction of sp³-hybridized carbons (Fsp3) is 0.0526. The molecule has 28 heavy (non-hydrogen) atoms. The Bertz CT molecular complexity index is 1140. The summed E-state index contributed by atoms with van der Waals surface area (Å²) in [6, 6.07) is 12.2. The number of hydrogen-bond acceptors (Lipinski definition) is 5. The topological polar surface area (TPSA) is 99.8 Å². The minimum atomic E-state index is -0.294. The summed E-state index contributed by atoms with van der Waals surface area (Å²) >= 11 is 7.12. The molecule has 0 aliphatic heterocycles. The number of pyridine rings is 1. The number of hydrogen-bond donors (Lipinski definition) is 3. The monoisotopic (exact) mass is 411 g/mol. The Morgan fingerprint density at radius 1 is 1.07 bits per heavy atom. The van der Waals surface area contributed by atoms with E-state index in [-0.39, 0.29) is 11.8 Å². The van der Waals surface area contributed by atoms with Crippen LogP contribution in [0.3, 0.4) is 0 Å². The Morgan fingerprint density at radius 2 is 1.82 bits per heavy atom. The third-order valence-electron chi connectivity index (χ3n) is 4.00. The van der Waals surface area contributed by atoms with Gasteiger partial charge in [-0.05, 0) is 35.9 Å². The second-order valence-corrected chi connectivity index (χ2v) is 7.41. The number of nitrogens with zero attached hydrogens (tertiary/aromatic N) is 2. The van der Waals surface area contributed by atoms with Gasteiger partial charge in [0.05, 0.1) is 15.1 Å². The third kappa shape index (κ3) is 3.88. The van der Waals surface area contributed by atoms with Crippen LogP contribution in [0.4, 0.5) is 5.82 Å². The molecule has 0 atom stereocenters. The predicted molar refractivity (Wildman–Crippen MR) is 109 cm³/mol. The molecule has 3 aromatic heterocycles. The van der Waals surface area contributed by atoms with Gasteiger partial charge in [0, 0.05) is 29.5 Å². The van der Waals surface area contributed by atoms with E-state index in [4.69, 9.17) is 11.6 Å². The molecule has 3 heterocycles. The van der Waals surface area contributed by atoms with Crippen LogP contribution in [0.5, 0.6) is 0 Å². The molecule has 7 nitrogen and oxygen atoms in total. The molecule has 0 spiro atoms. The largest absolute Gasteiger partial charge is 0.347 e. The number of rotatable bonds is 5. The molecular formula is C19H14ClN5O2S. The summed E-state index contributed by atoms with van der Waals surface area (Å²) in [5, 5.41) is 13.2. The number of H-pyrrole nitrogens is 1. The zero-order chi connectivity index (χ0) is 19.5. The summed E-state index contributed by atoms with van der Waals surface area (Å²) in [5.74, 6) is -0.104. The van der Waals surface area contributed by atoms with E-state index in [1.807, 2.05) is 12.1 Å². The van der Waals surface area contributed by atoms with Crippen LogP contribution in [-0.4, -0.2) is 27.0 Å². The van der Waals surface area contributed by atoms with Crippen LogP contribution in [0.25, 0.3) is 10.2 Å². The van der Waals surface area contributed by atoms with Gasteiger partial charge in [0.15, 0.2) is 5.82 Å². The highest BCUT2D eigenvalue weighted by Crippen LogP contribution is 2.30. The average Bonchev–Trinajstić information content (AvgIpc) is 3.30. The van der Waals surface area contributed by atoms with Crippen molar-refractivity contribution in [1.29, 1.82) is 0 Å². The van der Waals surface area contributed by atoms with Crippen molar-refractivity contribution >= 4 is 50.8 Å². The summed E-state index contributed by atoms with van der Waals surface area (Å²) in [7, 11) is 0. The van der Waals surface area contributed by atoms with Crippen LogP contribution in [0, 0.1) is 0 Å². The minimum absolute atomic E-state index is 0.198. The van der Waals surface area contributed by atoms with Gasteiger partial charge in [0.1, 0.15) is 0 Å². The lowest BCUT2D eigenvalue weighted by atomic mass is 10.2. The first kappa shape index (κ1) is 18.1. The number of aromatic nitrogens is 3. The normalized spacial score (nSPS) is 10.8. The molecule has 3 N–H and O–H groups in total. The number of nitrogens with one attached hydrogen (secondary N) is 3. The number of amides is 2. The number of carbonyl (C=O) groups excluding carboxylic acids is 2. The van der Waals surface area contributed by atoms with E-state index >= 15 is 0 Å². The second-order valence-electron chi connectivity index (χ2n) is 5.92. The average molecular weight is 412 g/mol. The van der Waals surface area contributed by atoms with Gasteiger partial charge in [0.2, 0.25) is 0 Å². The smallest absolute Gasteiger partial charge is 0.261 e. The molecule has 0 aliphatic rings. The quantitative estimate of drug-likeness (QED) is 0.464. The SMILES string of the molecule is O=C(Nc1n[nH]c2cc(C(=O)NCc3ccc(Cl)cc3)sc12)c1ccncc1. The predicted octanol–water partition coefficient (Wildman–Crippen LogP) is 3.86. The first-order valence-corrected chi connectivity index (χ1v) is 9.51. The zero-order valence-electron chi connectivity index (χ0n) is 14.4. The Hall–Kier alpha value is -3.23. The highest BCUT2D eigenvalue weighted by molar-refractivity contribution is 7.21. The number of aromatic amines is 1. The standard InChI is InChI=1S/C19H14ClN5O2S/c20-13-3-1-11(2-4-13)10-22-19(27)15-9-14-16(28-15)17(25-24-14)23-18(26)12-5-7-21-8-6-12/h1-9H,10H2,(H,22,27)(H2,23,24,25,26). The minimum Gasteiger partial charge on any atom is -0.347 e. The maximum absolute atomic E-state index is 12.5. The van der Waals surface area contributed by atoms with E-state index in [0.29, 0.717) is 38.0 Å². The van der Waals surface area contributed by atoms with Crippen LogP contribution in [0.1, 0.15) is 25.6 Å². The fourth-order valence-corrected chi connectivity index (χ4v) is 3.66. The molecule has 4 rings (SSSR count). The number of benzene rings is 1. The summed E-state index contributed by atoms with van der Waals surface area (Å²) in [4.78, 5) is 29.2. The molecule has 4 aromatic rings. The number of fused-ring (bicyclic) bond motifs is 1. The molecule has 9 heteroatoms. The highest BCUT2D eigenvalue weighted by atomic mass is 35.5. The van der Waals surface area contributed by atoms with E-state index in [2.05, 4.69) is 25.8 Å². The molecule has 0 bridgehead atoms. The number of thiophene rings is 1. The van der Waals surface area contributed by atoms with Crippen molar-refractivity contribution in [2.24, 2.45) is 0 Å². The van der Waals surface area contributed by atoms with Crippen molar-refractivity contribution in [2.75, 3.05) is 5.32 Å². The summed E-state index contributed by atoms with van der Waals surface area (Å²) in [6.07, 6.45) is 3.09. The molecule has 1 aromatic carbocycles. The van der Waals surface area contributed by atoms with Gasteiger partial charge in [-0.1, -0.05) is 23.7 Å². The van der Waals surface area contributed by atoms with Gasteiger partial charge in [-0.2, -0.15) is 5.10 Å². The van der Waals surface area contributed by atoms with Crippen molar-refractivity contribution < 1.29 is 9.59 Å². The lowest BCUT2D eigenvalue weighted by Crippen LogP contribution is -2.21. The third-order valence-corrected chi connectivity index (χ3v) is 5.39. The molecule has 0 radical (unpaired) electrons. The van der Waals surface area contributed by atoms with Crippen molar-refractivity contribution in [2.45, 2.75) is 6.54 Å². The number of halogens is 1. The molecule has 0 aliphatic carbocycles. The Morgan fingerprint density at radius 3 is 2.57 bits per heavy atom. The molecule has 2 amide bonds. The Labute approximate surface area is 168 Å². The van der Waals surface area contributed by atoms with E-state index in [1.165, 1.54) is 11.3 Å². The van der Waals surface area contributed by atoms with Crippen molar-refractivity contribution in [3.05, 3.63) is 75.9 Å². The molecule has 140 valence electrons. The molecular weight excluding hydrogens is 398 g/mol. The lowest BCUT2D eigenvalue weighted by molar-refractivity contribution is 0.0954. The van der Waals surface area contributed by atoms with Gasteiger partial charge < -0.3 is 10.6 Å². The van der Waals surface area contributed by atoms with Crippen molar-refractivity contribution in [3.63, 3.8) is 0 Å².